The van der Waals surface area contributed by atoms with E-state index in [0.717, 1.165) is 17.0 Å². The largest absolute Gasteiger partial charge is 0.486 e. The van der Waals surface area contributed by atoms with Crippen molar-refractivity contribution in [2.45, 2.75) is 13.8 Å². The number of fused-ring (bicyclic) bond motifs is 1. The van der Waals surface area contributed by atoms with E-state index in [2.05, 4.69) is 9.97 Å². The van der Waals surface area contributed by atoms with E-state index >= 15 is 0 Å². The number of imidazole rings is 1. The minimum Gasteiger partial charge on any atom is -0.486 e. The molecule has 0 bridgehead atoms. The third-order valence-electron chi connectivity index (χ3n) is 3.03. The first-order chi connectivity index (χ1) is 9.15. The summed E-state index contributed by atoms with van der Waals surface area (Å²) in [5, 5.41) is 0. The van der Waals surface area contributed by atoms with Crippen molar-refractivity contribution < 1.29 is 14.3 Å². The van der Waals surface area contributed by atoms with Crippen LogP contribution in [0.15, 0.2) is 18.2 Å². The summed E-state index contributed by atoms with van der Waals surface area (Å²) < 4.78 is 11.0. The van der Waals surface area contributed by atoms with Gasteiger partial charge in [0.1, 0.15) is 24.7 Å². The quantitative estimate of drug-likeness (QED) is 0.840. The Bertz CT molecular complexity index is 646. The van der Waals surface area contributed by atoms with E-state index in [1.807, 2.05) is 25.1 Å². The summed E-state index contributed by atoms with van der Waals surface area (Å²) in [4.78, 5) is 18.9. The summed E-state index contributed by atoms with van der Waals surface area (Å²) in [6.07, 6.45) is 0. The summed E-state index contributed by atoms with van der Waals surface area (Å²) in [6.45, 7) is 4.47. The number of nitrogens with zero attached hydrogens (tertiary/aromatic N) is 1. The first-order valence-corrected chi connectivity index (χ1v) is 6.12. The maximum Gasteiger partial charge on any atom is 0.179 e. The van der Waals surface area contributed by atoms with Gasteiger partial charge in [-0.25, -0.2) is 4.98 Å². The fourth-order valence-electron chi connectivity index (χ4n) is 2.13. The number of nitrogens with one attached hydrogen (secondary N) is 1. The van der Waals surface area contributed by atoms with Crippen LogP contribution in [-0.4, -0.2) is 29.0 Å². The zero-order chi connectivity index (χ0) is 13.4. The fraction of sp³-hybridized carbons (Fsp3) is 0.286. The first-order valence-electron chi connectivity index (χ1n) is 6.12. The lowest BCUT2D eigenvalue weighted by molar-refractivity contribution is 0.101. The number of H-pyrrole nitrogens is 1. The molecule has 0 unspecified atom stereocenters. The summed E-state index contributed by atoms with van der Waals surface area (Å²) in [5.74, 6) is 2.07. The van der Waals surface area contributed by atoms with Crippen molar-refractivity contribution in [3.8, 4) is 22.9 Å². The van der Waals surface area contributed by atoms with Crippen LogP contribution in [0.25, 0.3) is 11.4 Å². The van der Waals surface area contributed by atoms with Crippen LogP contribution in [0.4, 0.5) is 0 Å². The van der Waals surface area contributed by atoms with Gasteiger partial charge in [0.25, 0.3) is 0 Å². The molecular weight excluding hydrogens is 244 g/mol. The van der Waals surface area contributed by atoms with Gasteiger partial charge < -0.3 is 14.5 Å². The highest BCUT2D eigenvalue weighted by molar-refractivity contribution is 5.93. The predicted molar refractivity (Wildman–Crippen MR) is 69.8 cm³/mol. The number of ether oxygens (including phenoxy) is 2. The second kappa shape index (κ2) is 4.42. The van der Waals surface area contributed by atoms with Crippen LogP contribution in [0.2, 0.25) is 0 Å². The Morgan fingerprint density at radius 2 is 2.00 bits per heavy atom. The Morgan fingerprint density at radius 3 is 2.68 bits per heavy atom. The van der Waals surface area contributed by atoms with Crippen molar-refractivity contribution in [2.75, 3.05) is 13.2 Å². The molecule has 2 heterocycles. The molecule has 0 aliphatic carbocycles. The molecule has 5 heteroatoms. The van der Waals surface area contributed by atoms with Crippen LogP contribution in [0.1, 0.15) is 23.1 Å². The molecule has 1 aromatic carbocycles. The summed E-state index contributed by atoms with van der Waals surface area (Å²) >= 11 is 0. The molecule has 1 aliphatic heterocycles. The van der Waals surface area contributed by atoms with E-state index in [1.165, 1.54) is 6.92 Å². The van der Waals surface area contributed by atoms with Gasteiger partial charge in [-0.15, -0.1) is 0 Å². The first kappa shape index (κ1) is 11.8. The number of aromatic nitrogens is 2. The number of hydrogen-bond donors (Lipinski definition) is 1. The van der Waals surface area contributed by atoms with Crippen LogP contribution in [0.3, 0.4) is 0 Å². The molecule has 19 heavy (non-hydrogen) atoms. The van der Waals surface area contributed by atoms with E-state index in [4.69, 9.17) is 9.47 Å². The number of Topliss-reactive ketones (excluding diaryl/α,β-unsaturated/α-hetero) is 1. The van der Waals surface area contributed by atoms with Gasteiger partial charge in [-0.3, -0.25) is 4.79 Å². The fourth-order valence-corrected chi connectivity index (χ4v) is 2.13. The zero-order valence-electron chi connectivity index (χ0n) is 10.8. The average Bonchev–Trinajstić information content (AvgIpc) is 2.80. The third kappa shape index (κ3) is 2.07. The van der Waals surface area contributed by atoms with Crippen molar-refractivity contribution in [3.05, 3.63) is 29.6 Å². The van der Waals surface area contributed by atoms with E-state index in [0.29, 0.717) is 30.5 Å². The number of rotatable bonds is 2. The lowest BCUT2D eigenvalue weighted by Crippen LogP contribution is -2.15. The topological polar surface area (TPSA) is 64.2 Å². The highest BCUT2D eigenvalue weighted by atomic mass is 16.6. The van der Waals surface area contributed by atoms with Gasteiger partial charge in [0.05, 0.1) is 0 Å². The van der Waals surface area contributed by atoms with E-state index < -0.39 is 0 Å². The molecule has 5 nitrogen and oxygen atoms in total. The molecule has 1 N–H and O–H groups in total. The molecule has 1 aliphatic rings. The molecule has 3 rings (SSSR count). The van der Waals surface area contributed by atoms with Crippen LogP contribution < -0.4 is 9.47 Å². The molecule has 0 fully saturated rings. The lowest BCUT2D eigenvalue weighted by Gasteiger charge is -2.18. The Hall–Kier alpha value is -2.30. The van der Waals surface area contributed by atoms with Gasteiger partial charge in [0.2, 0.25) is 0 Å². The molecule has 0 amide bonds. The number of ketones is 1. The van der Waals surface area contributed by atoms with Gasteiger partial charge >= 0.3 is 0 Å². The summed E-state index contributed by atoms with van der Waals surface area (Å²) in [6, 6.07) is 5.63. The Balaban J connectivity index is 2.02. The lowest BCUT2D eigenvalue weighted by atomic mass is 10.2. The van der Waals surface area contributed by atoms with Crippen LogP contribution in [0, 0.1) is 6.92 Å². The second-order valence-electron chi connectivity index (χ2n) is 4.47. The number of carbonyl (C=O) groups is 1. The van der Waals surface area contributed by atoms with Gasteiger partial charge in [-0.1, -0.05) is 0 Å². The standard InChI is InChI=1S/C14H14N2O3/c1-8-13(9(2)17)16-14(15-8)10-3-4-11-12(7-10)19-6-5-18-11/h3-4,7H,5-6H2,1-2H3,(H,15,16). The number of hydrogen-bond acceptors (Lipinski definition) is 4. The number of carbonyl (C=O) groups excluding carboxylic acids is 1. The van der Waals surface area contributed by atoms with E-state index in [-0.39, 0.29) is 5.78 Å². The van der Waals surface area contributed by atoms with Crippen molar-refractivity contribution in [1.82, 2.24) is 9.97 Å². The highest BCUT2D eigenvalue weighted by Gasteiger charge is 2.16. The third-order valence-corrected chi connectivity index (χ3v) is 3.03. The summed E-state index contributed by atoms with van der Waals surface area (Å²) in [5.41, 5.74) is 2.13. The molecule has 0 saturated heterocycles. The molecule has 2 aromatic rings. The molecule has 1 aromatic heterocycles. The minimum atomic E-state index is -0.0439. The molecular formula is C14H14N2O3. The van der Waals surface area contributed by atoms with Crippen LogP contribution >= 0.6 is 0 Å². The van der Waals surface area contributed by atoms with Crippen molar-refractivity contribution in [1.29, 1.82) is 0 Å². The van der Waals surface area contributed by atoms with Gasteiger partial charge in [0, 0.05) is 18.2 Å². The van der Waals surface area contributed by atoms with E-state index in [1.54, 1.807) is 0 Å². The monoisotopic (exact) mass is 258 g/mol. The van der Waals surface area contributed by atoms with Crippen LogP contribution in [0.5, 0.6) is 11.5 Å². The molecule has 0 saturated carbocycles. The molecule has 0 atom stereocenters. The molecule has 0 radical (unpaired) electrons. The van der Waals surface area contributed by atoms with Gasteiger partial charge in [0.15, 0.2) is 17.3 Å². The second-order valence-corrected chi connectivity index (χ2v) is 4.47. The van der Waals surface area contributed by atoms with Crippen molar-refractivity contribution >= 4 is 5.78 Å². The molecule has 0 spiro atoms. The smallest absolute Gasteiger partial charge is 0.179 e. The van der Waals surface area contributed by atoms with E-state index in [9.17, 15) is 4.79 Å². The normalized spacial score (nSPS) is 13.4. The predicted octanol–water partition coefficient (Wildman–Crippen LogP) is 2.36. The average molecular weight is 258 g/mol. The minimum absolute atomic E-state index is 0.0439. The highest BCUT2D eigenvalue weighted by Crippen LogP contribution is 2.33. The number of benzene rings is 1. The Morgan fingerprint density at radius 1 is 1.26 bits per heavy atom. The van der Waals surface area contributed by atoms with Gasteiger partial charge in [-0.2, -0.15) is 0 Å². The maximum atomic E-state index is 11.4. The number of aryl methyl sites for hydroxylation is 1. The Kier molecular flexibility index (Phi) is 2.74. The molecule has 98 valence electrons. The van der Waals surface area contributed by atoms with Crippen LogP contribution in [-0.2, 0) is 0 Å². The van der Waals surface area contributed by atoms with Crippen molar-refractivity contribution in [3.63, 3.8) is 0 Å². The summed E-state index contributed by atoms with van der Waals surface area (Å²) in [7, 11) is 0. The number of aromatic amines is 1. The SMILES string of the molecule is CC(=O)c1nc(-c2ccc3c(c2)OCCO3)[nH]c1C. The Labute approximate surface area is 110 Å². The zero-order valence-corrected chi connectivity index (χ0v) is 10.8. The van der Waals surface area contributed by atoms with Gasteiger partial charge in [-0.05, 0) is 25.1 Å². The maximum absolute atomic E-state index is 11.4. The van der Waals surface area contributed by atoms with Crippen molar-refractivity contribution in [2.24, 2.45) is 0 Å².